The van der Waals surface area contributed by atoms with Crippen molar-refractivity contribution >= 4 is 11.7 Å². The molecule has 2 heterocycles. The van der Waals surface area contributed by atoms with E-state index in [2.05, 4.69) is 5.32 Å². The standard InChI is InChI=1S/C15H19NO3/c17-15(19-10-11-5-7-18-9-11)13-3-4-14-12(8-13)2-1-6-16-14/h3-4,8,11,16H,1-2,5-7,9-10H2. The molecule has 1 atom stereocenters. The summed E-state index contributed by atoms with van der Waals surface area (Å²) >= 11 is 0. The first-order valence-electron chi connectivity index (χ1n) is 6.94. The van der Waals surface area contributed by atoms with Crippen LogP contribution >= 0.6 is 0 Å². The number of hydrogen-bond donors (Lipinski definition) is 1. The van der Waals surface area contributed by atoms with Crippen LogP contribution in [0.4, 0.5) is 5.69 Å². The minimum absolute atomic E-state index is 0.222. The van der Waals surface area contributed by atoms with Crippen molar-refractivity contribution in [2.45, 2.75) is 19.3 Å². The van der Waals surface area contributed by atoms with Crippen molar-refractivity contribution in [1.82, 2.24) is 0 Å². The Morgan fingerprint density at radius 2 is 2.42 bits per heavy atom. The van der Waals surface area contributed by atoms with E-state index < -0.39 is 0 Å². The second kappa shape index (κ2) is 5.61. The van der Waals surface area contributed by atoms with Crippen molar-refractivity contribution in [3.8, 4) is 0 Å². The monoisotopic (exact) mass is 261 g/mol. The van der Waals surface area contributed by atoms with E-state index in [1.54, 1.807) is 0 Å². The van der Waals surface area contributed by atoms with Crippen molar-refractivity contribution in [1.29, 1.82) is 0 Å². The van der Waals surface area contributed by atoms with Gasteiger partial charge in [0.15, 0.2) is 0 Å². The van der Waals surface area contributed by atoms with Crippen LogP contribution in [0.1, 0.15) is 28.8 Å². The lowest BCUT2D eigenvalue weighted by atomic mass is 10.0. The molecule has 1 saturated heterocycles. The second-order valence-corrected chi connectivity index (χ2v) is 5.23. The number of nitrogens with one attached hydrogen (secondary N) is 1. The Bertz CT molecular complexity index is 466. The molecular weight excluding hydrogens is 242 g/mol. The lowest BCUT2D eigenvalue weighted by Gasteiger charge is -2.18. The highest BCUT2D eigenvalue weighted by Gasteiger charge is 2.19. The zero-order chi connectivity index (χ0) is 13.1. The molecule has 1 unspecified atom stereocenters. The molecule has 4 nitrogen and oxygen atoms in total. The highest BCUT2D eigenvalue weighted by atomic mass is 16.5. The molecule has 4 heteroatoms. The van der Waals surface area contributed by atoms with Crippen LogP contribution < -0.4 is 5.32 Å². The van der Waals surface area contributed by atoms with Crippen molar-refractivity contribution < 1.29 is 14.3 Å². The third-order valence-corrected chi connectivity index (χ3v) is 3.75. The molecule has 1 fully saturated rings. The van der Waals surface area contributed by atoms with Gasteiger partial charge in [-0.3, -0.25) is 0 Å². The fourth-order valence-electron chi connectivity index (χ4n) is 2.59. The van der Waals surface area contributed by atoms with E-state index in [1.807, 2.05) is 18.2 Å². The summed E-state index contributed by atoms with van der Waals surface area (Å²) in [5.41, 5.74) is 3.01. The summed E-state index contributed by atoms with van der Waals surface area (Å²) in [6, 6.07) is 5.77. The summed E-state index contributed by atoms with van der Waals surface area (Å²) in [4.78, 5) is 12.0. The SMILES string of the molecule is O=C(OCC1CCOC1)c1ccc2c(c1)CCCN2. The number of hydrogen-bond acceptors (Lipinski definition) is 4. The maximum Gasteiger partial charge on any atom is 0.338 e. The quantitative estimate of drug-likeness (QED) is 0.848. The van der Waals surface area contributed by atoms with E-state index in [9.17, 15) is 4.79 Å². The smallest absolute Gasteiger partial charge is 0.338 e. The van der Waals surface area contributed by atoms with Crippen molar-refractivity contribution in [2.24, 2.45) is 5.92 Å². The Morgan fingerprint density at radius 1 is 1.47 bits per heavy atom. The van der Waals surface area contributed by atoms with Crippen LogP contribution in [0.5, 0.6) is 0 Å². The molecule has 0 radical (unpaired) electrons. The summed E-state index contributed by atoms with van der Waals surface area (Å²) in [6.45, 7) is 2.97. The summed E-state index contributed by atoms with van der Waals surface area (Å²) in [7, 11) is 0. The lowest BCUT2D eigenvalue weighted by Crippen LogP contribution is -2.16. The minimum Gasteiger partial charge on any atom is -0.462 e. The van der Waals surface area contributed by atoms with Crippen LogP contribution in [0.25, 0.3) is 0 Å². The minimum atomic E-state index is -0.222. The fourth-order valence-corrected chi connectivity index (χ4v) is 2.59. The molecule has 102 valence electrons. The van der Waals surface area contributed by atoms with Gasteiger partial charge < -0.3 is 14.8 Å². The molecule has 19 heavy (non-hydrogen) atoms. The van der Waals surface area contributed by atoms with Crippen molar-refractivity contribution in [2.75, 3.05) is 31.7 Å². The largest absolute Gasteiger partial charge is 0.462 e. The summed E-state index contributed by atoms with van der Waals surface area (Å²) in [5, 5.41) is 3.34. The van der Waals surface area contributed by atoms with Crippen molar-refractivity contribution in [3.63, 3.8) is 0 Å². The Balaban J connectivity index is 1.62. The lowest BCUT2D eigenvalue weighted by molar-refractivity contribution is 0.0428. The zero-order valence-corrected chi connectivity index (χ0v) is 11.0. The first kappa shape index (κ1) is 12.5. The molecule has 1 aromatic rings. The van der Waals surface area contributed by atoms with Crippen LogP contribution in [0.3, 0.4) is 0 Å². The predicted molar refractivity (Wildman–Crippen MR) is 72.5 cm³/mol. The van der Waals surface area contributed by atoms with Crippen LogP contribution in [0.15, 0.2) is 18.2 Å². The van der Waals surface area contributed by atoms with Gasteiger partial charge in [-0.05, 0) is 43.0 Å². The van der Waals surface area contributed by atoms with Gasteiger partial charge in [0.05, 0.1) is 18.8 Å². The molecule has 1 aromatic carbocycles. The highest BCUT2D eigenvalue weighted by Crippen LogP contribution is 2.23. The van der Waals surface area contributed by atoms with Crippen LogP contribution in [0.2, 0.25) is 0 Å². The molecule has 0 aromatic heterocycles. The molecular formula is C15H19NO3. The van der Waals surface area contributed by atoms with Gasteiger partial charge in [0, 0.05) is 24.8 Å². The average molecular weight is 261 g/mol. The number of carbonyl (C=O) groups excluding carboxylic acids is 1. The molecule has 2 aliphatic rings. The maximum atomic E-state index is 12.0. The van der Waals surface area contributed by atoms with E-state index in [1.165, 1.54) is 5.56 Å². The van der Waals surface area contributed by atoms with Gasteiger partial charge in [0.2, 0.25) is 0 Å². The zero-order valence-electron chi connectivity index (χ0n) is 11.0. The number of fused-ring (bicyclic) bond motifs is 1. The highest BCUT2D eigenvalue weighted by molar-refractivity contribution is 5.90. The normalized spacial score (nSPS) is 21.6. The molecule has 0 spiro atoms. The van der Waals surface area contributed by atoms with Crippen LogP contribution in [-0.2, 0) is 15.9 Å². The Kier molecular flexibility index (Phi) is 3.69. The van der Waals surface area contributed by atoms with E-state index in [0.717, 1.165) is 38.1 Å². The maximum absolute atomic E-state index is 12.0. The molecule has 0 amide bonds. The van der Waals surface area contributed by atoms with Gasteiger partial charge in [-0.1, -0.05) is 0 Å². The third-order valence-electron chi connectivity index (χ3n) is 3.75. The van der Waals surface area contributed by atoms with Gasteiger partial charge in [-0.15, -0.1) is 0 Å². The second-order valence-electron chi connectivity index (χ2n) is 5.23. The summed E-state index contributed by atoms with van der Waals surface area (Å²) in [6.07, 6.45) is 3.13. The first-order valence-corrected chi connectivity index (χ1v) is 6.94. The van der Waals surface area contributed by atoms with E-state index >= 15 is 0 Å². The number of anilines is 1. The Hall–Kier alpha value is -1.55. The van der Waals surface area contributed by atoms with E-state index in [4.69, 9.17) is 9.47 Å². The first-order chi connectivity index (χ1) is 9.33. The number of rotatable bonds is 3. The number of carbonyl (C=O) groups is 1. The molecule has 0 saturated carbocycles. The Labute approximate surface area is 113 Å². The number of esters is 1. The summed E-state index contributed by atoms with van der Waals surface area (Å²) in [5.74, 6) is 0.142. The predicted octanol–water partition coefficient (Wildman–Crippen LogP) is 2.24. The molecule has 1 N–H and O–H groups in total. The van der Waals surface area contributed by atoms with Gasteiger partial charge in [-0.2, -0.15) is 0 Å². The van der Waals surface area contributed by atoms with Gasteiger partial charge >= 0.3 is 5.97 Å². The molecule has 0 bridgehead atoms. The van der Waals surface area contributed by atoms with Gasteiger partial charge in [0.25, 0.3) is 0 Å². The average Bonchev–Trinajstić information content (AvgIpc) is 2.97. The summed E-state index contributed by atoms with van der Waals surface area (Å²) < 4.78 is 10.6. The van der Waals surface area contributed by atoms with Crippen LogP contribution in [-0.4, -0.2) is 32.3 Å². The fraction of sp³-hybridized carbons (Fsp3) is 0.533. The molecule has 3 rings (SSSR count). The molecule has 2 aliphatic heterocycles. The topological polar surface area (TPSA) is 47.6 Å². The van der Waals surface area contributed by atoms with E-state index in [-0.39, 0.29) is 5.97 Å². The van der Waals surface area contributed by atoms with E-state index in [0.29, 0.717) is 24.7 Å². The number of ether oxygens (including phenoxy) is 2. The van der Waals surface area contributed by atoms with Gasteiger partial charge in [0.1, 0.15) is 0 Å². The number of aryl methyl sites for hydroxylation is 1. The van der Waals surface area contributed by atoms with Gasteiger partial charge in [-0.25, -0.2) is 4.79 Å². The van der Waals surface area contributed by atoms with Crippen LogP contribution in [0, 0.1) is 5.92 Å². The van der Waals surface area contributed by atoms with Crippen molar-refractivity contribution in [3.05, 3.63) is 29.3 Å². The number of benzene rings is 1. The third kappa shape index (κ3) is 2.89. The Morgan fingerprint density at radius 3 is 3.26 bits per heavy atom. The molecule has 0 aliphatic carbocycles.